The van der Waals surface area contributed by atoms with E-state index in [1.165, 1.54) is 0 Å². The van der Waals surface area contributed by atoms with Crippen molar-refractivity contribution in [2.45, 2.75) is 0 Å². The molecule has 5 nitrogen and oxygen atoms in total. The number of carbonyl (C=O) groups is 1. The summed E-state index contributed by atoms with van der Waals surface area (Å²) in [5.74, 6) is -0.205. The number of nitriles is 1. The molecule has 0 aliphatic heterocycles. The molecule has 20 heavy (non-hydrogen) atoms. The van der Waals surface area contributed by atoms with E-state index >= 15 is 0 Å². The van der Waals surface area contributed by atoms with Crippen molar-refractivity contribution >= 4 is 22.5 Å². The predicted octanol–water partition coefficient (Wildman–Crippen LogP) is 1.62. The fourth-order valence-corrected chi connectivity index (χ4v) is 2.07. The van der Waals surface area contributed by atoms with Gasteiger partial charge in [0, 0.05) is 38.9 Å². The number of rotatable bonds is 3. The van der Waals surface area contributed by atoms with Crippen LogP contribution in [-0.2, 0) is 4.79 Å². The van der Waals surface area contributed by atoms with Crippen LogP contribution < -0.4 is 5.32 Å². The maximum atomic E-state index is 12.1. The van der Waals surface area contributed by atoms with Crippen molar-refractivity contribution in [3.05, 3.63) is 42.2 Å². The van der Waals surface area contributed by atoms with E-state index in [0.29, 0.717) is 11.3 Å². The van der Waals surface area contributed by atoms with Gasteiger partial charge < -0.3 is 14.8 Å². The molecule has 1 heterocycles. The van der Waals surface area contributed by atoms with Gasteiger partial charge in [-0.05, 0) is 6.07 Å². The number of hydrogen-bond acceptors (Lipinski definition) is 3. The molecule has 1 aromatic heterocycles. The maximum absolute atomic E-state index is 12.1. The molecule has 0 radical (unpaired) electrons. The highest BCUT2D eigenvalue weighted by atomic mass is 16.2. The first-order chi connectivity index (χ1) is 9.58. The van der Waals surface area contributed by atoms with E-state index in [0.717, 1.165) is 10.9 Å². The molecule has 102 valence electrons. The van der Waals surface area contributed by atoms with Gasteiger partial charge in [0.2, 0.25) is 0 Å². The molecule has 1 N–H and O–H groups in total. The Kier molecular flexibility index (Phi) is 3.76. The molecule has 1 amide bonds. The van der Waals surface area contributed by atoms with Crippen molar-refractivity contribution in [1.29, 1.82) is 5.26 Å². The Hall–Kier alpha value is -2.74. The summed E-state index contributed by atoms with van der Waals surface area (Å²) < 4.78 is 1.74. The van der Waals surface area contributed by atoms with Crippen LogP contribution in [0.3, 0.4) is 0 Å². The molecule has 0 aliphatic rings. The van der Waals surface area contributed by atoms with Gasteiger partial charge in [-0.1, -0.05) is 18.2 Å². The molecule has 0 spiro atoms. The predicted molar refractivity (Wildman–Crippen MR) is 78.7 cm³/mol. The third-order valence-corrected chi connectivity index (χ3v) is 2.93. The number of hydrogen-bond donors (Lipinski definition) is 1. The molecule has 0 aliphatic carbocycles. The molecular formula is C15H16N4O. The second-order valence-electron chi connectivity index (χ2n) is 4.60. The average Bonchev–Trinajstić information content (AvgIpc) is 2.82. The van der Waals surface area contributed by atoms with E-state index in [2.05, 4.69) is 11.4 Å². The van der Waals surface area contributed by atoms with Crippen molar-refractivity contribution < 1.29 is 4.79 Å². The van der Waals surface area contributed by atoms with Crippen LogP contribution in [0.2, 0.25) is 0 Å². The number of para-hydroxylation sites is 1. The van der Waals surface area contributed by atoms with Crippen LogP contribution in [-0.4, -0.2) is 36.5 Å². The third kappa shape index (κ3) is 2.36. The van der Waals surface area contributed by atoms with Gasteiger partial charge >= 0.3 is 0 Å². The standard InChI is InChI=1S/C15H16N4O/c1-17-15(20)14(10-18(2)3)19-9-11(8-16)12-6-4-5-7-13(12)19/h4-7,9-10H,1-3H3,(H,17,20)/b14-10+. The summed E-state index contributed by atoms with van der Waals surface area (Å²) in [4.78, 5) is 13.9. The van der Waals surface area contributed by atoms with E-state index in [9.17, 15) is 10.1 Å². The lowest BCUT2D eigenvalue weighted by Gasteiger charge is -2.13. The topological polar surface area (TPSA) is 61.1 Å². The van der Waals surface area contributed by atoms with Crippen LogP contribution in [0.25, 0.3) is 16.6 Å². The molecule has 0 fully saturated rings. The third-order valence-electron chi connectivity index (χ3n) is 2.93. The normalized spacial score (nSPS) is 11.2. The van der Waals surface area contributed by atoms with Crippen LogP contribution in [0, 0.1) is 11.3 Å². The van der Waals surface area contributed by atoms with Crippen molar-refractivity contribution in [2.24, 2.45) is 0 Å². The highest BCUT2D eigenvalue weighted by molar-refractivity contribution is 6.15. The molecule has 0 unspecified atom stereocenters. The van der Waals surface area contributed by atoms with E-state index in [1.54, 1.807) is 28.9 Å². The van der Waals surface area contributed by atoms with Crippen LogP contribution in [0.15, 0.2) is 36.7 Å². The van der Waals surface area contributed by atoms with Crippen molar-refractivity contribution in [3.8, 4) is 6.07 Å². The monoisotopic (exact) mass is 268 g/mol. The lowest BCUT2D eigenvalue weighted by molar-refractivity contribution is -0.115. The van der Waals surface area contributed by atoms with Crippen LogP contribution in [0.4, 0.5) is 0 Å². The Bertz CT molecular complexity index is 719. The van der Waals surface area contributed by atoms with Gasteiger partial charge in [-0.15, -0.1) is 0 Å². The molecule has 2 aromatic rings. The SMILES string of the molecule is CNC(=O)/C(=C\N(C)C)n1cc(C#N)c2ccccc21. The summed E-state index contributed by atoms with van der Waals surface area (Å²) in [5, 5.41) is 12.7. The van der Waals surface area contributed by atoms with Crippen molar-refractivity contribution in [1.82, 2.24) is 14.8 Å². The zero-order valence-electron chi connectivity index (χ0n) is 11.7. The van der Waals surface area contributed by atoms with E-state index in [-0.39, 0.29) is 5.91 Å². The number of fused-ring (bicyclic) bond motifs is 1. The highest BCUT2D eigenvalue weighted by Gasteiger charge is 2.15. The molecule has 0 saturated heterocycles. The number of benzene rings is 1. The second kappa shape index (κ2) is 5.49. The Labute approximate surface area is 117 Å². The Morgan fingerprint density at radius 2 is 2.10 bits per heavy atom. The first-order valence-electron chi connectivity index (χ1n) is 6.19. The van der Waals surface area contributed by atoms with Crippen LogP contribution in [0.5, 0.6) is 0 Å². The average molecular weight is 268 g/mol. The molecule has 0 atom stereocenters. The van der Waals surface area contributed by atoms with Gasteiger partial charge in [-0.2, -0.15) is 5.26 Å². The first kappa shape index (κ1) is 13.7. The summed E-state index contributed by atoms with van der Waals surface area (Å²) in [5.41, 5.74) is 1.85. The number of likely N-dealkylation sites (N-methyl/N-ethyl adjacent to an activating group) is 1. The largest absolute Gasteiger partial charge is 0.382 e. The van der Waals surface area contributed by atoms with Gasteiger partial charge in [-0.25, -0.2) is 0 Å². The lowest BCUT2D eigenvalue weighted by Crippen LogP contribution is -2.24. The Morgan fingerprint density at radius 3 is 2.70 bits per heavy atom. The molecule has 0 saturated carbocycles. The molecule has 5 heteroatoms. The van der Waals surface area contributed by atoms with Gasteiger partial charge in [0.25, 0.3) is 5.91 Å². The highest BCUT2D eigenvalue weighted by Crippen LogP contribution is 2.24. The van der Waals surface area contributed by atoms with Gasteiger partial charge in [0.1, 0.15) is 11.8 Å². The minimum absolute atomic E-state index is 0.205. The Balaban J connectivity index is 2.72. The van der Waals surface area contributed by atoms with Crippen LogP contribution >= 0.6 is 0 Å². The quantitative estimate of drug-likeness (QED) is 0.860. The first-order valence-corrected chi connectivity index (χ1v) is 6.19. The Morgan fingerprint density at radius 1 is 1.40 bits per heavy atom. The molecule has 2 rings (SSSR count). The minimum Gasteiger partial charge on any atom is -0.382 e. The molecule has 1 aromatic carbocycles. The second-order valence-corrected chi connectivity index (χ2v) is 4.60. The number of nitrogens with one attached hydrogen (secondary N) is 1. The van der Waals surface area contributed by atoms with E-state index < -0.39 is 0 Å². The summed E-state index contributed by atoms with van der Waals surface area (Å²) >= 11 is 0. The summed E-state index contributed by atoms with van der Waals surface area (Å²) in [6, 6.07) is 9.69. The number of nitrogens with zero attached hydrogens (tertiary/aromatic N) is 3. The van der Waals surface area contributed by atoms with E-state index in [4.69, 9.17) is 0 Å². The summed E-state index contributed by atoms with van der Waals surface area (Å²) in [7, 11) is 5.28. The fourth-order valence-electron chi connectivity index (χ4n) is 2.07. The zero-order valence-corrected chi connectivity index (χ0v) is 11.7. The van der Waals surface area contributed by atoms with Gasteiger partial charge in [0.05, 0.1) is 11.1 Å². The van der Waals surface area contributed by atoms with E-state index in [1.807, 2.05) is 38.4 Å². The number of amides is 1. The molecular weight excluding hydrogens is 252 g/mol. The number of aromatic nitrogens is 1. The van der Waals surface area contributed by atoms with Crippen LogP contribution in [0.1, 0.15) is 5.56 Å². The zero-order chi connectivity index (χ0) is 14.7. The van der Waals surface area contributed by atoms with Crippen molar-refractivity contribution in [2.75, 3.05) is 21.1 Å². The smallest absolute Gasteiger partial charge is 0.269 e. The minimum atomic E-state index is -0.205. The fraction of sp³-hybridized carbons (Fsp3) is 0.200. The van der Waals surface area contributed by atoms with Crippen molar-refractivity contribution in [3.63, 3.8) is 0 Å². The molecule has 0 bridgehead atoms. The lowest BCUT2D eigenvalue weighted by atomic mass is 10.2. The van der Waals surface area contributed by atoms with Gasteiger partial charge in [0.15, 0.2) is 0 Å². The summed E-state index contributed by atoms with van der Waals surface area (Å²) in [6.07, 6.45) is 3.42. The summed E-state index contributed by atoms with van der Waals surface area (Å²) in [6.45, 7) is 0. The number of carbonyl (C=O) groups excluding carboxylic acids is 1. The maximum Gasteiger partial charge on any atom is 0.269 e. The van der Waals surface area contributed by atoms with Gasteiger partial charge in [-0.3, -0.25) is 4.79 Å².